The summed E-state index contributed by atoms with van der Waals surface area (Å²) in [7, 11) is 0. The monoisotopic (exact) mass is 315 g/mol. The van der Waals surface area contributed by atoms with E-state index in [9.17, 15) is 27.2 Å². The van der Waals surface area contributed by atoms with E-state index in [-0.39, 0.29) is 19.5 Å². The van der Waals surface area contributed by atoms with Crippen LogP contribution in [0.2, 0.25) is 0 Å². The minimum Gasteiger partial charge on any atom is -0.481 e. The smallest absolute Gasteiger partial charge is 0.324 e. The summed E-state index contributed by atoms with van der Waals surface area (Å²) in [5.74, 6) is -5.18. The summed E-state index contributed by atoms with van der Waals surface area (Å²) < 4.78 is 49.2. The van der Waals surface area contributed by atoms with Crippen molar-refractivity contribution in [3.05, 3.63) is 0 Å². The summed E-state index contributed by atoms with van der Waals surface area (Å²) in [6.45, 7) is 0.201. The third-order valence-electron chi connectivity index (χ3n) is 3.10. The fourth-order valence-electron chi connectivity index (χ4n) is 1.81. The van der Waals surface area contributed by atoms with Gasteiger partial charge in [-0.3, -0.25) is 9.69 Å². The average Bonchev–Trinajstić information content (AvgIpc) is 2.43. The van der Waals surface area contributed by atoms with E-state index >= 15 is 0 Å². The molecule has 0 radical (unpaired) electrons. The normalized spacial score (nSPS) is 17.1. The van der Waals surface area contributed by atoms with Crippen LogP contribution in [0.3, 0.4) is 0 Å². The summed E-state index contributed by atoms with van der Waals surface area (Å²) in [4.78, 5) is 25.0. The quantitative estimate of drug-likeness (QED) is 0.707. The van der Waals surface area contributed by atoms with Gasteiger partial charge in [-0.2, -0.15) is 8.78 Å². The van der Waals surface area contributed by atoms with Crippen molar-refractivity contribution in [2.45, 2.75) is 18.8 Å². The van der Waals surface area contributed by atoms with Crippen molar-refractivity contribution in [2.75, 3.05) is 39.3 Å². The van der Waals surface area contributed by atoms with E-state index in [4.69, 9.17) is 5.11 Å². The molecule has 2 amide bonds. The molecule has 6 nitrogen and oxygen atoms in total. The summed E-state index contributed by atoms with van der Waals surface area (Å²) >= 11 is 0. The standard InChI is InChI=1S/C11H17F4N3O3/c12-9(13)11(14,15)7-16-10(21)18-5-3-17(4-6-18)2-1-8(19)20/h9H,1-7H2,(H,16,21)(H,19,20). The van der Waals surface area contributed by atoms with Gasteiger partial charge in [-0.25, -0.2) is 13.6 Å². The summed E-state index contributed by atoms with van der Waals surface area (Å²) in [6, 6.07) is -0.826. The zero-order valence-corrected chi connectivity index (χ0v) is 11.2. The molecule has 0 aromatic rings. The lowest BCUT2D eigenvalue weighted by Gasteiger charge is -2.34. The van der Waals surface area contributed by atoms with Crippen LogP contribution in [0, 0.1) is 0 Å². The Morgan fingerprint density at radius 1 is 1.19 bits per heavy atom. The number of urea groups is 1. The van der Waals surface area contributed by atoms with Crippen LogP contribution < -0.4 is 5.32 Å². The maximum Gasteiger partial charge on any atom is 0.324 e. The molecular weight excluding hydrogens is 298 g/mol. The molecule has 1 aliphatic rings. The molecule has 21 heavy (non-hydrogen) atoms. The van der Waals surface area contributed by atoms with Crippen LogP contribution in [-0.2, 0) is 4.79 Å². The van der Waals surface area contributed by atoms with Crippen LogP contribution in [0.25, 0.3) is 0 Å². The summed E-state index contributed by atoms with van der Waals surface area (Å²) in [5, 5.41) is 10.3. The van der Waals surface area contributed by atoms with Gasteiger partial charge in [0, 0.05) is 32.7 Å². The first-order chi connectivity index (χ1) is 9.72. The molecule has 0 aromatic carbocycles. The fraction of sp³-hybridized carbons (Fsp3) is 0.818. The van der Waals surface area contributed by atoms with Crippen LogP contribution in [0.5, 0.6) is 0 Å². The zero-order chi connectivity index (χ0) is 16.0. The van der Waals surface area contributed by atoms with Crippen molar-refractivity contribution < 1.29 is 32.3 Å². The van der Waals surface area contributed by atoms with E-state index in [1.165, 1.54) is 4.90 Å². The second-order valence-electron chi connectivity index (χ2n) is 4.69. The van der Waals surface area contributed by atoms with Crippen molar-refractivity contribution in [1.29, 1.82) is 0 Å². The van der Waals surface area contributed by atoms with Gasteiger partial charge in [0.05, 0.1) is 13.0 Å². The number of piperazine rings is 1. The Morgan fingerprint density at radius 2 is 1.76 bits per heavy atom. The Balaban J connectivity index is 2.30. The molecule has 1 heterocycles. The molecule has 0 spiro atoms. The van der Waals surface area contributed by atoms with Crippen LogP contribution in [0.15, 0.2) is 0 Å². The molecule has 1 aliphatic heterocycles. The minimum absolute atomic E-state index is 0.0210. The number of rotatable bonds is 6. The number of hydrogen-bond donors (Lipinski definition) is 2. The van der Waals surface area contributed by atoms with Crippen LogP contribution >= 0.6 is 0 Å². The maximum absolute atomic E-state index is 12.7. The largest absolute Gasteiger partial charge is 0.481 e. The minimum atomic E-state index is -4.25. The first-order valence-electron chi connectivity index (χ1n) is 6.35. The number of halogens is 4. The van der Waals surface area contributed by atoms with Gasteiger partial charge < -0.3 is 15.3 Å². The number of nitrogens with one attached hydrogen (secondary N) is 1. The van der Waals surface area contributed by atoms with Crippen molar-refractivity contribution in [2.24, 2.45) is 0 Å². The summed E-state index contributed by atoms with van der Waals surface area (Å²) in [5.41, 5.74) is 0. The number of carbonyl (C=O) groups excluding carboxylic acids is 1. The Labute approximate surface area is 118 Å². The number of nitrogens with zero attached hydrogens (tertiary/aromatic N) is 2. The van der Waals surface area contributed by atoms with Gasteiger partial charge in [-0.1, -0.05) is 0 Å². The highest BCUT2D eigenvalue weighted by Gasteiger charge is 2.41. The van der Waals surface area contributed by atoms with Gasteiger partial charge in [0.15, 0.2) is 0 Å². The number of aliphatic carboxylic acids is 1. The first kappa shape index (κ1) is 17.5. The third-order valence-corrected chi connectivity index (χ3v) is 3.10. The molecular formula is C11H17F4N3O3. The van der Waals surface area contributed by atoms with Gasteiger partial charge in [-0.15, -0.1) is 0 Å². The highest BCUT2D eigenvalue weighted by molar-refractivity contribution is 5.74. The average molecular weight is 315 g/mol. The van der Waals surface area contributed by atoms with Crippen molar-refractivity contribution in [1.82, 2.24) is 15.1 Å². The number of alkyl halides is 4. The molecule has 2 N–H and O–H groups in total. The van der Waals surface area contributed by atoms with E-state index in [1.54, 1.807) is 5.32 Å². The molecule has 0 saturated carbocycles. The lowest BCUT2D eigenvalue weighted by Crippen LogP contribution is -2.54. The molecule has 0 bridgehead atoms. The number of hydrogen-bond acceptors (Lipinski definition) is 3. The van der Waals surface area contributed by atoms with Crippen molar-refractivity contribution in [3.63, 3.8) is 0 Å². The number of amides is 2. The van der Waals surface area contributed by atoms with Gasteiger partial charge in [0.2, 0.25) is 0 Å². The predicted molar refractivity (Wildman–Crippen MR) is 64.6 cm³/mol. The highest BCUT2D eigenvalue weighted by atomic mass is 19.3. The van der Waals surface area contributed by atoms with Crippen LogP contribution in [0.1, 0.15) is 6.42 Å². The van der Waals surface area contributed by atoms with E-state index in [0.29, 0.717) is 19.6 Å². The maximum atomic E-state index is 12.7. The second kappa shape index (κ2) is 7.43. The highest BCUT2D eigenvalue weighted by Crippen LogP contribution is 2.21. The molecule has 0 aliphatic carbocycles. The van der Waals surface area contributed by atoms with Crippen molar-refractivity contribution in [3.8, 4) is 0 Å². The number of carboxylic acids is 1. The Morgan fingerprint density at radius 3 is 2.24 bits per heavy atom. The van der Waals surface area contributed by atoms with Crippen molar-refractivity contribution >= 4 is 12.0 Å². The second-order valence-corrected chi connectivity index (χ2v) is 4.69. The number of carboxylic acid groups (broad SMARTS) is 1. The first-order valence-corrected chi connectivity index (χ1v) is 6.35. The summed E-state index contributed by atoms with van der Waals surface area (Å²) in [6.07, 6.45) is -3.85. The molecule has 122 valence electrons. The molecule has 1 fully saturated rings. The molecule has 1 rings (SSSR count). The molecule has 0 atom stereocenters. The Bertz CT molecular complexity index is 374. The van der Waals surface area contributed by atoms with Crippen LogP contribution in [0.4, 0.5) is 22.4 Å². The van der Waals surface area contributed by atoms with Crippen LogP contribution in [-0.4, -0.2) is 78.5 Å². The third kappa shape index (κ3) is 5.74. The van der Waals surface area contributed by atoms with Gasteiger partial charge in [0.25, 0.3) is 0 Å². The lowest BCUT2D eigenvalue weighted by molar-refractivity contribution is -0.137. The van der Waals surface area contributed by atoms with E-state index < -0.39 is 30.9 Å². The Kier molecular flexibility index (Phi) is 6.19. The zero-order valence-electron chi connectivity index (χ0n) is 11.2. The van der Waals surface area contributed by atoms with E-state index in [0.717, 1.165) is 0 Å². The molecule has 0 aromatic heterocycles. The van der Waals surface area contributed by atoms with Gasteiger partial charge in [0.1, 0.15) is 0 Å². The number of carbonyl (C=O) groups is 2. The SMILES string of the molecule is O=C(O)CCN1CCN(C(=O)NCC(F)(F)C(F)F)CC1. The topological polar surface area (TPSA) is 72.9 Å². The lowest BCUT2D eigenvalue weighted by atomic mass is 10.3. The van der Waals surface area contributed by atoms with E-state index in [1.807, 2.05) is 4.90 Å². The van der Waals surface area contributed by atoms with E-state index in [2.05, 4.69) is 0 Å². The predicted octanol–water partition coefficient (Wildman–Crippen LogP) is 0.689. The molecule has 0 unspecified atom stereocenters. The van der Waals surface area contributed by atoms with Gasteiger partial charge in [-0.05, 0) is 0 Å². The Hall–Kier alpha value is -1.58. The van der Waals surface area contributed by atoms with Gasteiger partial charge >= 0.3 is 24.3 Å². The molecule has 10 heteroatoms. The molecule has 1 saturated heterocycles. The fourth-order valence-corrected chi connectivity index (χ4v) is 1.81.